The maximum atomic E-state index is 6.13. The summed E-state index contributed by atoms with van der Waals surface area (Å²) >= 11 is 0. The highest BCUT2D eigenvalue weighted by Gasteiger charge is 2.25. The summed E-state index contributed by atoms with van der Waals surface area (Å²) in [4.78, 5) is 16.1. The van der Waals surface area contributed by atoms with Crippen molar-refractivity contribution in [2.75, 3.05) is 31.9 Å². The number of likely N-dealkylation sites (tertiary alicyclic amines) is 1. The first-order valence-corrected chi connectivity index (χ1v) is 8.69. The molecule has 3 aromatic rings. The average Bonchev–Trinajstić information content (AvgIpc) is 3.21. The highest BCUT2D eigenvalue weighted by molar-refractivity contribution is 5.74. The van der Waals surface area contributed by atoms with Gasteiger partial charge in [-0.05, 0) is 37.2 Å². The minimum absolute atomic E-state index is 0.440. The van der Waals surface area contributed by atoms with Gasteiger partial charge in [0.25, 0.3) is 0 Å². The van der Waals surface area contributed by atoms with Crippen LogP contribution in [0.25, 0.3) is 11.2 Å². The Morgan fingerprint density at radius 1 is 1.16 bits per heavy atom. The summed E-state index contributed by atoms with van der Waals surface area (Å²) in [5.41, 5.74) is 15.5. The fourth-order valence-electron chi connectivity index (χ4n) is 3.53. The average molecular weight is 337 g/mol. The summed E-state index contributed by atoms with van der Waals surface area (Å²) in [6.45, 7) is 4.32. The molecule has 7 nitrogen and oxygen atoms in total. The van der Waals surface area contributed by atoms with E-state index < -0.39 is 0 Å². The van der Waals surface area contributed by atoms with E-state index >= 15 is 0 Å². The van der Waals surface area contributed by atoms with Crippen molar-refractivity contribution < 1.29 is 0 Å². The molecule has 4 N–H and O–H groups in total. The third-order valence-corrected chi connectivity index (χ3v) is 4.83. The third-order valence-electron chi connectivity index (χ3n) is 4.83. The molecule has 4 heterocycles. The number of nitrogen functional groups attached to an aromatic ring is 1. The summed E-state index contributed by atoms with van der Waals surface area (Å²) < 4.78 is 1.94. The summed E-state index contributed by atoms with van der Waals surface area (Å²) in [6.07, 6.45) is 2.90. The molecule has 4 rings (SSSR count). The summed E-state index contributed by atoms with van der Waals surface area (Å²) in [5.74, 6) is 0.914. The summed E-state index contributed by atoms with van der Waals surface area (Å²) in [7, 11) is 0. The monoisotopic (exact) mass is 337 g/mol. The van der Waals surface area contributed by atoms with Crippen molar-refractivity contribution in [3.8, 4) is 0 Å². The van der Waals surface area contributed by atoms with Crippen LogP contribution in [0.5, 0.6) is 0 Å². The van der Waals surface area contributed by atoms with Crippen LogP contribution in [0.3, 0.4) is 0 Å². The second kappa shape index (κ2) is 6.78. The van der Waals surface area contributed by atoms with Crippen molar-refractivity contribution >= 4 is 17.1 Å². The van der Waals surface area contributed by atoms with Gasteiger partial charge in [0.05, 0.1) is 12.2 Å². The van der Waals surface area contributed by atoms with Crippen molar-refractivity contribution in [2.45, 2.75) is 18.9 Å². The van der Waals surface area contributed by atoms with E-state index in [0.717, 1.165) is 48.6 Å². The molecule has 25 heavy (non-hydrogen) atoms. The third kappa shape index (κ3) is 3.20. The second-order valence-corrected chi connectivity index (χ2v) is 6.53. The van der Waals surface area contributed by atoms with E-state index in [1.165, 1.54) is 0 Å². The van der Waals surface area contributed by atoms with Crippen LogP contribution in [-0.4, -0.2) is 50.6 Å². The molecule has 0 bridgehead atoms. The predicted octanol–water partition coefficient (Wildman–Crippen LogP) is 1.20. The molecule has 0 aliphatic carbocycles. The van der Waals surface area contributed by atoms with E-state index in [9.17, 15) is 0 Å². The zero-order valence-corrected chi connectivity index (χ0v) is 14.2. The van der Waals surface area contributed by atoms with Gasteiger partial charge in [-0.3, -0.25) is 9.55 Å². The van der Waals surface area contributed by atoms with Gasteiger partial charge in [0.2, 0.25) is 5.95 Å². The molecule has 3 aromatic heterocycles. The first-order chi connectivity index (χ1) is 12.2. The van der Waals surface area contributed by atoms with Gasteiger partial charge in [0, 0.05) is 37.4 Å². The van der Waals surface area contributed by atoms with Gasteiger partial charge in [0.15, 0.2) is 5.65 Å². The molecule has 1 saturated heterocycles. The number of imidazole rings is 1. The fraction of sp³-hybridized carbons (Fsp3) is 0.389. The molecule has 1 fully saturated rings. The Balaban J connectivity index is 1.64. The highest BCUT2D eigenvalue weighted by Crippen LogP contribution is 2.27. The van der Waals surface area contributed by atoms with Crippen LogP contribution in [0, 0.1) is 0 Å². The molecule has 1 unspecified atom stereocenters. The maximum absolute atomic E-state index is 6.13. The first kappa shape index (κ1) is 16.0. The first-order valence-electron chi connectivity index (χ1n) is 8.69. The Bertz CT molecular complexity index is 858. The van der Waals surface area contributed by atoms with Crippen molar-refractivity contribution in [1.29, 1.82) is 0 Å². The molecule has 0 radical (unpaired) electrons. The highest BCUT2D eigenvalue weighted by atomic mass is 15.2. The van der Waals surface area contributed by atoms with Gasteiger partial charge in [-0.1, -0.05) is 6.07 Å². The van der Waals surface area contributed by atoms with Crippen molar-refractivity contribution in [2.24, 2.45) is 5.73 Å². The molecule has 1 aliphatic rings. The predicted molar refractivity (Wildman–Crippen MR) is 98.1 cm³/mol. The van der Waals surface area contributed by atoms with Crippen LogP contribution in [-0.2, 0) is 6.54 Å². The molecule has 0 spiro atoms. The molecule has 7 heteroatoms. The molecular weight excluding hydrogens is 314 g/mol. The normalized spacial score (nSPS) is 18.2. The summed E-state index contributed by atoms with van der Waals surface area (Å²) in [5, 5.41) is 0. The van der Waals surface area contributed by atoms with Gasteiger partial charge in [-0.15, -0.1) is 0 Å². The van der Waals surface area contributed by atoms with E-state index in [1.54, 1.807) is 6.20 Å². The van der Waals surface area contributed by atoms with Crippen molar-refractivity contribution in [3.05, 3.63) is 47.9 Å². The maximum Gasteiger partial charge on any atom is 0.202 e. The van der Waals surface area contributed by atoms with Gasteiger partial charge < -0.3 is 16.4 Å². The Morgan fingerprint density at radius 3 is 2.88 bits per heavy atom. The van der Waals surface area contributed by atoms with E-state index in [1.807, 2.05) is 28.8 Å². The molecule has 0 saturated carbocycles. The standard InChI is InChI=1S/C18H23N7/c19-7-10-24-9-6-13(11-24)15-4-5-16-17(22-15)25(18(20)23-16)12-14-3-1-2-8-21-14/h1-5,8,13H,6-7,9-12,19H2,(H2,20,23). The molecule has 1 atom stereocenters. The number of hydrogen-bond donors (Lipinski definition) is 2. The molecule has 0 amide bonds. The SMILES string of the molecule is NCCN1CCC(c2ccc3nc(N)n(Cc4ccccn4)c3n2)C1. The number of nitrogens with zero attached hydrogens (tertiary/aromatic N) is 5. The lowest BCUT2D eigenvalue weighted by Gasteiger charge is -2.14. The minimum atomic E-state index is 0.440. The lowest BCUT2D eigenvalue weighted by atomic mass is 10.0. The zero-order valence-electron chi connectivity index (χ0n) is 14.2. The quantitative estimate of drug-likeness (QED) is 0.726. The number of rotatable bonds is 5. The van der Waals surface area contributed by atoms with Gasteiger partial charge in [0.1, 0.15) is 5.52 Å². The van der Waals surface area contributed by atoms with Crippen molar-refractivity contribution in [3.63, 3.8) is 0 Å². The van der Waals surface area contributed by atoms with Crippen LogP contribution < -0.4 is 11.5 Å². The second-order valence-electron chi connectivity index (χ2n) is 6.53. The lowest BCUT2D eigenvalue weighted by molar-refractivity contribution is 0.343. The largest absolute Gasteiger partial charge is 0.369 e. The van der Waals surface area contributed by atoms with Crippen molar-refractivity contribution in [1.82, 2.24) is 24.4 Å². The number of hydrogen-bond acceptors (Lipinski definition) is 6. The zero-order chi connectivity index (χ0) is 17.2. The lowest BCUT2D eigenvalue weighted by Crippen LogP contribution is -2.27. The number of pyridine rings is 2. The minimum Gasteiger partial charge on any atom is -0.369 e. The van der Waals surface area contributed by atoms with Crippen LogP contribution in [0.1, 0.15) is 23.7 Å². The Kier molecular flexibility index (Phi) is 4.33. The van der Waals surface area contributed by atoms with E-state index in [0.29, 0.717) is 25.0 Å². The number of fused-ring (bicyclic) bond motifs is 1. The molecule has 1 aliphatic heterocycles. The number of anilines is 1. The van der Waals surface area contributed by atoms with Crippen LogP contribution in [0.2, 0.25) is 0 Å². The topological polar surface area (TPSA) is 98.9 Å². The Labute approximate surface area is 146 Å². The fourth-order valence-corrected chi connectivity index (χ4v) is 3.53. The molecule has 0 aromatic carbocycles. The molecule has 130 valence electrons. The Morgan fingerprint density at radius 2 is 2.08 bits per heavy atom. The van der Waals surface area contributed by atoms with Crippen LogP contribution in [0.4, 0.5) is 5.95 Å². The van der Waals surface area contributed by atoms with Gasteiger partial charge in [-0.25, -0.2) is 9.97 Å². The van der Waals surface area contributed by atoms with Gasteiger partial charge >= 0.3 is 0 Å². The smallest absolute Gasteiger partial charge is 0.202 e. The van der Waals surface area contributed by atoms with E-state index in [4.69, 9.17) is 16.5 Å². The van der Waals surface area contributed by atoms with E-state index in [-0.39, 0.29) is 0 Å². The molecular formula is C18H23N7. The Hall–Kier alpha value is -2.51. The number of nitrogens with two attached hydrogens (primary N) is 2. The van der Waals surface area contributed by atoms with Crippen LogP contribution >= 0.6 is 0 Å². The summed E-state index contributed by atoms with van der Waals surface area (Å²) in [6, 6.07) is 9.96. The number of aromatic nitrogens is 4. The van der Waals surface area contributed by atoms with E-state index in [2.05, 4.69) is 20.9 Å². The van der Waals surface area contributed by atoms with Gasteiger partial charge in [-0.2, -0.15) is 0 Å². The van der Waals surface area contributed by atoms with Crippen LogP contribution in [0.15, 0.2) is 36.5 Å².